The highest BCUT2D eigenvalue weighted by atomic mass is 35.5. The van der Waals surface area contributed by atoms with Crippen LogP contribution in [0.25, 0.3) is 11.3 Å². The number of nitrogens with zero attached hydrogens (tertiary/aromatic N) is 2. The van der Waals surface area contributed by atoms with Crippen molar-refractivity contribution in [2.75, 3.05) is 5.32 Å². The van der Waals surface area contributed by atoms with E-state index in [0.717, 1.165) is 16.8 Å². The lowest BCUT2D eigenvalue weighted by molar-refractivity contribution is 0.0936. The van der Waals surface area contributed by atoms with E-state index in [9.17, 15) is 4.79 Å². The molecule has 6 nitrogen and oxygen atoms in total. The van der Waals surface area contributed by atoms with Crippen LogP contribution in [-0.2, 0) is 0 Å². The topological polar surface area (TPSA) is 82.7 Å². The van der Waals surface area contributed by atoms with Crippen LogP contribution in [0.5, 0.6) is 0 Å². The highest BCUT2D eigenvalue weighted by Crippen LogP contribution is 2.32. The number of anilines is 1. The molecule has 3 aromatic rings. The molecule has 0 saturated heterocycles. The lowest BCUT2D eigenvalue weighted by Crippen LogP contribution is -2.38. The maximum absolute atomic E-state index is 12.3. The highest BCUT2D eigenvalue weighted by Gasteiger charge is 2.27. The summed E-state index contributed by atoms with van der Waals surface area (Å²) >= 11 is 6.03. The molecule has 1 atom stereocenters. The van der Waals surface area contributed by atoms with Gasteiger partial charge in [0.05, 0.1) is 23.1 Å². The summed E-state index contributed by atoms with van der Waals surface area (Å²) in [7, 11) is 0. The van der Waals surface area contributed by atoms with E-state index >= 15 is 0 Å². The van der Waals surface area contributed by atoms with Gasteiger partial charge in [0.2, 0.25) is 0 Å². The summed E-state index contributed by atoms with van der Waals surface area (Å²) in [6, 6.07) is 8.92. The summed E-state index contributed by atoms with van der Waals surface area (Å²) in [6.07, 6.45) is 4.74. The normalized spacial score (nSPS) is 16.4. The Morgan fingerprint density at radius 1 is 1.13 bits per heavy atom. The van der Waals surface area contributed by atoms with Crippen molar-refractivity contribution < 1.29 is 4.79 Å². The van der Waals surface area contributed by atoms with Crippen molar-refractivity contribution >= 4 is 23.2 Å². The summed E-state index contributed by atoms with van der Waals surface area (Å²) in [4.78, 5) is 16.4. The van der Waals surface area contributed by atoms with Gasteiger partial charge in [0.1, 0.15) is 6.17 Å². The molecular formula is C16H12ClN5O. The molecule has 3 heterocycles. The smallest absolute Gasteiger partial charge is 0.255 e. The summed E-state index contributed by atoms with van der Waals surface area (Å²) in [5, 5.41) is 13.9. The first-order valence-electron chi connectivity index (χ1n) is 7.03. The number of aromatic amines is 1. The molecule has 0 fully saturated rings. The monoisotopic (exact) mass is 325 g/mol. The van der Waals surface area contributed by atoms with E-state index in [4.69, 9.17) is 11.6 Å². The maximum Gasteiger partial charge on any atom is 0.255 e. The second kappa shape index (κ2) is 5.40. The lowest BCUT2D eigenvalue weighted by atomic mass is 10.0. The van der Waals surface area contributed by atoms with Gasteiger partial charge in [-0.3, -0.25) is 14.9 Å². The van der Waals surface area contributed by atoms with Crippen molar-refractivity contribution in [3.8, 4) is 11.3 Å². The van der Waals surface area contributed by atoms with Crippen molar-refractivity contribution in [2.45, 2.75) is 6.17 Å². The third kappa shape index (κ3) is 2.43. The highest BCUT2D eigenvalue weighted by molar-refractivity contribution is 6.31. The largest absolute Gasteiger partial charge is 0.361 e. The van der Waals surface area contributed by atoms with Gasteiger partial charge in [-0.2, -0.15) is 5.10 Å². The van der Waals surface area contributed by atoms with Gasteiger partial charge < -0.3 is 10.6 Å². The first-order valence-corrected chi connectivity index (χ1v) is 7.41. The second-order valence-electron chi connectivity index (χ2n) is 5.18. The summed E-state index contributed by atoms with van der Waals surface area (Å²) in [6.45, 7) is 0. The van der Waals surface area contributed by atoms with Crippen LogP contribution in [0.3, 0.4) is 0 Å². The first kappa shape index (κ1) is 13.8. The molecule has 0 radical (unpaired) electrons. The molecule has 114 valence electrons. The fourth-order valence-corrected chi connectivity index (χ4v) is 2.82. The minimum absolute atomic E-state index is 0.154. The molecule has 1 amide bonds. The number of fused-ring (bicyclic) bond motifs is 1. The number of carbonyl (C=O) groups is 1. The Bertz CT molecular complexity index is 877. The minimum atomic E-state index is -0.401. The standard InChI is InChI=1S/C16H12ClN5O/c17-10-3-4-11-13(6-10)20-15(21-16(11)23)12-8-19-22-14(12)9-2-1-5-18-7-9/h1-8,15,20H,(H,19,22)(H,21,23). The van der Waals surface area contributed by atoms with E-state index in [2.05, 4.69) is 25.8 Å². The molecule has 0 spiro atoms. The number of H-pyrrole nitrogens is 1. The molecule has 3 N–H and O–H groups in total. The van der Waals surface area contributed by atoms with Crippen molar-refractivity contribution in [1.29, 1.82) is 0 Å². The van der Waals surface area contributed by atoms with Gasteiger partial charge in [0, 0.05) is 28.5 Å². The number of hydrogen-bond donors (Lipinski definition) is 3. The number of benzene rings is 1. The van der Waals surface area contributed by atoms with E-state index in [1.54, 1.807) is 36.8 Å². The molecular weight excluding hydrogens is 314 g/mol. The average Bonchev–Trinajstić information content (AvgIpc) is 3.05. The predicted octanol–water partition coefficient (Wildman–Crippen LogP) is 2.98. The van der Waals surface area contributed by atoms with E-state index in [0.29, 0.717) is 16.3 Å². The van der Waals surface area contributed by atoms with Crippen LogP contribution in [0.4, 0.5) is 5.69 Å². The molecule has 2 aromatic heterocycles. The minimum Gasteiger partial charge on any atom is -0.361 e. The van der Waals surface area contributed by atoms with Crippen molar-refractivity contribution in [2.24, 2.45) is 0 Å². The van der Waals surface area contributed by atoms with Gasteiger partial charge in [-0.1, -0.05) is 11.6 Å². The zero-order valence-corrected chi connectivity index (χ0v) is 12.6. The van der Waals surface area contributed by atoms with Crippen LogP contribution in [0.2, 0.25) is 5.02 Å². The molecule has 0 saturated carbocycles. The average molecular weight is 326 g/mol. The summed E-state index contributed by atoms with van der Waals surface area (Å²) < 4.78 is 0. The number of hydrogen-bond acceptors (Lipinski definition) is 4. The van der Waals surface area contributed by atoms with Gasteiger partial charge in [-0.25, -0.2) is 0 Å². The summed E-state index contributed by atoms with van der Waals surface area (Å²) in [5.74, 6) is -0.154. The van der Waals surface area contributed by atoms with E-state index in [1.807, 2.05) is 12.1 Å². The quantitative estimate of drug-likeness (QED) is 0.676. The van der Waals surface area contributed by atoms with Crippen molar-refractivity contribution in [3.63, 3.8) is 0 Å². The third-order valence-corrected chi connectivity index (χ3v) is 3.97. The van der Waals surface area contributed by atoms with Gasteiger partial charge in [-0.15, -0.1) is 0 Å². The Hall–Kier alpha value is -2.86. The molecule has 1 aliphatic heterocycles. The number of rotatable bonds is 2. The van der Waals surface area contributed by atoms with E-state index in [1.165, 1.54) is 0 Å². The van der Waals surface area contributed by atoms with Crippen LogP contribution in [0.1, 0.15) is 22.1 Å². The number of amides is 1. The van der Waals surface area contributed by atoms with Crippen LogP contribution in [-0.4, -0.2) is 21.1 Å². The lowest BCUT2D eigenvalue weighted by Gasteiger charge is -2.28. The zero-order valence-electron chi connectivity index (χ0n) is 11.9. The van der Waals surface area contributed by atoms with Crippen LogP contribution < -0.4 is 10.6 Å². The van der Waals surface area contributed by atoms with Crippen LogP contribution in [0, 0.1) is 0 Å². The Labute approximate surface area is 136 Å². The summed E-state index contributed by atoms with van der Waals surface area (Å²) in [5.41, 5.74) is 3.80. The molecule has 7 heteroatoms. The SMILES string of the molecule is O=C1NC(c2cn[nH]c2-c2cccnc2)Nc2cc(Cl)ccc21. The first-order chi connectivity index (χ1) is 11.2. The maximum atomic E-state index is 12.3. The number of aromatic nitrogens is 3. The second-order valence-corrected chi connectivity index (χ2v) is 5.62. The zero-order chi connectivity index (χ0) is 15.8. The molecule has 4 rings (SSSR count). The predicted molar refractivity (Wildman–Crippen MR) is 87.1 cm³/mol. The van der Waals surface area contributed by atoms with Crippen molar-refractivity contribution in [3.05, 3.63) is 65.1 Å². The Balaban J connectivity index is 1.74. The number of pyridine rings is 1. The van der Waals surface area contributed by atoms with E-state index in [-0.39, 0.29) is 5.91 Å². The Morgan fingerprint density at radius 3 is 2.87 bits per heavy atom. The van der Waals surface area contributed by atoms with Gasteiger partial charge in [-0.05, 0) is 30.3 Å². The van der Waals surface area contributed by atoms with Gasteiger partial charge in [0.25, 0.3) is 5.91 Å². The number of nitrogens with one attached hydrogen (secondary N) is 3. The van der Waals surface area contributed by atoms with Crippen LogP contribution in [0.15, 0.2) is 48.9 Å². The van der Waals surface area contributed by atoms with Gasteiger partial charge in [0.15, 0.2) is 0 Å². The Morgan fingerprint density at radius 2 is 2.04 bits per heavy atom. The number of halogens is 1. The molecule has 1 aromatic carbocycles. The fourth-order valence-electron chi connectivity index (χ4n) is 2.65. The van der Waals surface area contributed by atoms with Gasteiger partial charge >= 0.3 is 0 Å². The molecule has 1 aliphatic rings. The molecule has 0 bridgehead atoms. The molecule has 23 heavy (non-hydrogen) atoms. The van der Waals surface area contributed by atoms with E-state index < -0.39 is 6.17 Å². The third-order valence-electron chi connectivity index (χ3n) is 3.73. The van der Waals surface area contributed by atoms with Crippen molar-refractivity contribution in [1.82, 2.24) is 20.5 Å². The Kier molecular flexibility index (Phi) is 3.24. The molecule has 1 unspecified atom stereocenters. The molecule has 0 aliphatic carbocycles. The van der Waals surface area contributed by atoms with Crippen LogP contribution >= 0.6 is 11.6 Å². The number of carbonyl (C=O) groups excluding carboxylic acids is 1. The fraction of sp³-hybridized carbons (Fsp3) is 0.0625.